The first-order chi connectivity index (χ1) is 10.5. The van der Waals surface area contributed by atoms with E-state index in [0.29, 0.717) is 25.6 Å². The van der Waals surface area contributed by atoms with Crippen molar-refractivity contribution < 1.29 is 8.42 Å². The lowest BCUT2D eigenvalue weighted by molar-refractivity contribution is 0.176. The average molecular weight is 325 g/mol. The Labute approximate surface area is 134 Å². The van der Waals surface area contributed by atoms with Crippen molar-refractivity contribution in [3.8, 4) is 0 Å². The maximum Gasteiger partial charge on any atom is 0.211 e. The number of piperidine rings is 1. The van der Waals surface area contributed by atoms with Gasteiger partial charge in [-0.15, -0.1) is 0 Å². The smallest absolute Gasteiger partial charge is 0.211 e. The molecule has 1 aromatic carbocycles. The molecule has 1 atom stereocenters. The second kappa shape index (κ2) is 8.06. The van der Waals surface area contributed by atoms with Gasteiger partial charge < -0.3 is 5.73 Å². The number of benzene rings is 1. The summed E-state index contributed by atoms with van der Waals surface area (Å²) in [5, 5.41) is 0. The van der Waals surface area contributed by atoms with Gasteiger partial charge in [0.05, 0.1) is 6.26 Å². The molecule has 2 rings (SSSR count). The summed E-state index contributed by atoms with van der Waals surface area (Å²) < 4.78 is 25.1. The Hall–Kier alpha value is -0.950. The van der Waals surface area contributed by atoms with Crippen molar-refractivity contribution in [2.45, 2.75) is 19.4 Å². The predicted octanol–water partition coefficient (Wildman–Crippen LogP) is 1.12. The fourth-order valence-electron chi connectivity index (χ4n) is 3.10. The number of nitrogens with two attached hydrogens (primary N) is 1. The molecule has 0 spiro atoms. The third kappa shape index (κ3) is 5.35. The molecule has 5 nitrogen and oxygen atoms in total. The van der Waals surface area contributed by atoms with Crippen molar-refractivity contribution in [1.82, 2.24) is 9.21 Å². The Bertz CT molecular complexity index is 548. The van der Waals surface area contributed by atoms with Crippen molar-refractivity contribution >= 4 is 10.0 Å². The number of hydrogen-bond donors (Lipinski definition) is 1. The molecule has 6 heteroatoms. The van der Waals surface area contributed by atoms with Crippen LogP contribution in [0.2, 0.25) is 0 Å². The summed E-state index contributed by atoms with van der Waals surface area (Å²) in [5.41, 5.74) is 7.01. The summed E-state index contributed by atoms with van der Waals surface area (Å²) in [5.74, 6) is 0.388. The Balaban J connectivity index is 1.95. The van der Waals surface area contributed by atoms with Crippen LogP contribution in [-0.4, -0.2) is 56.6 Å². The highest BCUT2D eigenvalue weighted by molar-refractivity contribution is 7.88. The Morgan fingerprint density at radius 3 is 2.68 bits per heavy atom. The highest BCUT2D eigenvalue weighted by Gasteiger charge is 2.26. The van der Waals surface area contributed by atoms with Gasteiger partial charge in [0, 0.05) is 39.3 Å². The summed E-state index contributed by atoms with van der Waals surface area (Å²) in [6.45, 7) is 4.52. The highest BCUT2D eigenvalue weighted by atomic mass is 32.2. The maximum absolute atomic E-state index is 11.7. The first kappa shape index (κ1) is 17.4. The van der Waals surface area contributed by atoms with Gasteiger partial charge in [0.2, 0.25) is 10.0 Å². The minimum atomic E-state index is -3.08. The van der Waals surface area contributed by atoms with Gasteiger partial charge in [0.1, 0.15) is 0 Å². The van der Waals surface area contributed by atoms with Gasteiger partial charge in [0.15, 0.2) is 0 Å². The fourth-order valence-corrected chi connectivity index (χ4v) is 4.04. The molecule has 22 heavy (non-hydrogen) atoms. The van der Waals surface area contributed by atoms with Crippen LogP contribution in [0.15, 0.2) is 30.3 Å². The minimum absolute atomic E-state index is 0.388. The monoisotopic (exact) mass is 325 g/mol. The summed E-state index contributed by atoms with van der Waals surface area (Å²) >= 11 is 0. The molecule has 124 valence electrons. The second-order valence-corrected chi connectivity index (χ2v) is 8.12. The number of hydrogen-bond acceptors (Lipinski definition) is 4. The molecule has 0 aliphatic carbocycles. The van der Waals surface area contributed by atoms with Crippen LogP contribution in [0.3, 0.4) is 0 Å². The standard InChI is InChI=1S/C16H27N3O2S/c1-22(20,21)19-10-5-8-16(14-19)13-18(11-9-17)12-15-6-3-2-4-7-15/h2-4,6-7,16H,5,8-14,17H2,1H3. The summed E-state index contributed by atoms with van der Waals surface area (Å²) in [6, 6.07) is 10.3. The molecule has 0 bridgehead atoms. The van der Waals surface area contributed by atoms with Crippen molar-refractivity contribution in [2.24, 2.45) is 11.7 Å². The Kier molecular flexibility index (Phi) is 6.37. The molecular weight excluding hydrogens is 298 g/mol. The molecule has 2 N–H and O–H groups in total. The zero-order valence-corrected chi connectivity index (χ0v) is 14.1. The van der Waals surface area contributed by atoms with E-state index in [9.17, 15) is 8.42 Å². The minimum Gasteiger partial charge on any atom is -0.329 e. The molecule has 0 radical (unpaired) electrons. The number of sulfonamides is 1. The third-order valence-corrected chi connectivity index (χ3v) is 5.43. The quantitative estimate of drug-likeness (QED) is 0.816. The van der Waals surface area contributed by atoms with Crippen LogP contribution in [0.25, 0.3) is 0 Å². The molecule has 1 fully saturated rings. The average Bonchev–Trinajstić information content (AvgIpc) is 2.48. The van der Waals surface area contributed by atoms with Gasteiger partial charge in [-0.3, -0.25) is 4.90 Å². The van der Waals surface area contributed by atoms with E-state index >= 15 is 0 Å². The van der Waals surface area contributed by atoms with Crippen LogP contribution in [-0.2, 0) is 16.6 Å². The summed E-state index contributed by atoms with van der Waals surface area (Å²) in [4.78, 5) is 2.34. The zero-order valence-electron chi connectivity index (χ0n) is 13.3. The van der Waals surface area contributed by atoms with Gasteiger partial charge in [-0.05, 0) is 24.3 Å². The van der Waals surface area contributed by atoms with Crippen LogP contribution >= 0.6 is 0 Å². The van der Waals surface area contributed by atoms with Gasteiger partial charge in [-0.1, -0.05) is 30.3 Å². The van der Waals surface area contributed by atoms with E-state index in [4.69, 9.17) is 5.73 Å². The summed E-state index contributed by atoms with van der Waals surface area (Å²) in [6.07, 6.45) is 3.33. The van der Waals surface area contributed by atoms with Crippen molar-refractivity contribution in [1.29, 1.82) is 0 Å². The van der Waals surface area contributed by atoms with E-state index in [1.165, 1.54) is 11.8 Å². The zero-order chi connectivity index (χ0) is 16.0. The highest BCUT2D eigenvalue weighted by Crippen LogP contribution is 2.20. The molecule has 1 saturated heterocycles. The van der Waals surface area contributed by atoms with E-state index in [1.54, 1.807) is 4.31 Å². The van der Waals surface area contributed by atoms with Gasteiger partial charge in [-0.25, -0.2) is 12.7 Å². The van der Waals surface area contributed by atoms with E-state index in [0.717, 1.165) is 32.5 Å². The molecule has 1 aromatic rings. The lowest BCUT2D eigenvalue weighted by Crippen LogP contribution is -2.44. The van der Waals surface area contributed by atoms with Gasteiger partial charge in [0.25, 0.3) is 0 Å². The molecule has 1 unspecified atom stereocenters. The third-order valence-electron chi connectivity index (χ3n) is 4.16. The lowest BCUT2D eigenvalue weighted by Gasteiger charge is -2.34. The molecule has 0 aromatic heterocycles. The van der Waals surface area contributed by atoms with Crippen molar-refractivity contribution in [2.75, 3.05) is 39.0 Å². The maximum atomic E-state index is 11.7. The first-order valence-electron chi connectivity index (χ1n) is 7.90. The number of rotatable bonds is 7. The van der Waals surface area contributed by atoms with Crippen LogP contribution in [0.1, 0.15) is 18.4 Å². The van der Waals surface area contributed by atoms with E-state index in [-0.39, 0.29) is 0 Å². The van der Waals surface area contributed by atoms with Gasteiger partial charge >= 0.3 is 0 Å². The van der Waals surface area contributed by atoms with Crippen LogP contribution in [0.4, 0.5) is 0 Å². The molecule has 1 aliphatic heterocycles. The van der Waals surface area contributed by atoms with Crippen LogP contribution in [0, 0.1) is 5.92 Å². The molecule has 0 saturated carbocycles. The van der Waals surface area contributed by atoms with E-state index in [2.05, 4.69) is 17.0 Å². The SMILES string of the molecule is CS(=O)(=O)N1CCCC(CN(CCN)Cc2ccccc2)C1. The van der Waals surface area contributed by atoms with Crippen molar-refractivity contribution in [3.63, 3.8) is 0 Å². The second-order valence-electron chi connectivity index (χ2n) is 6.14. The van der Waals surface area contributed by atoms with Crippen LogP contribution in [0.5, 0.6) is 0 Å². The predicted molar refractivity (Wildman–Crippen MR) is 89.9 cm³/mol. The number of nitrogens with zero attached hydrogens (tertiary/aromatic N) is 2. The van der Waals surface area contributed by atoms with Crippen molar-refractivity contribution in [3.05, 3.63) is 35.9 Å². The topological polar surface area (TPSA) is 66.6 Å². The molecule has 1 aliphatic rings. The largest absolute Gasteiger partial charge is 0.329 e. The molecular formula is C16H27N3O2S. The lowest BCUT2D eigenvalue weighted by atomic mass is 9.98. The summed E-state index contributed by atoms with van der Waals surface area (Å²) in [7, 11) is -3.08. The Morgan fingerprint density at radius 1 is 1.32 bits per heavy atom. The van der Waals surface area contributed by atoms with E-state index < -0.39 is 10.0 Å². The van der Waals surface area contributed by atoms with Gasteiger partial charge in [-0.2, -0.15) is 0 Å². The Morgan fingerprint density at radius 2 is 2.05 bits per heavy atom. The first-order valence-corrected chi connectivity index (χ1v) is 9.75. The van der Waals surface area contributed by atoms with E-state index in [1.807, 2.05) is 18.2 Å². The molecule has 1 heterocycles. The van der Waals surface area contributed by atoms with Crippen LogP contribution < -0.4 is 5.73 Å². The fraction of sp³-hybridized carbons (Fsp3) is 0.625. The molecule has 0 amide bonds. The normalized spacial score (nSPS) is 20.4.